The molecule has 2 aliphatic heterocycles. The second kappa shape index (κ2) is 8.77. The lowest BCUT2D eigenvalue weighted by Gasteiger charge is -2.38. The van der Waals surface area contributed by atoms with Gasteiger partial charge >= 0.3 is 0 Å². The fourth-order valence-electron chi connectivity index (χ4n) is 3.68. The van der Waals surface area contributed by atoms with E-state index in [-0.39, 0.29) is 0 Å². The van der Waals surface area contributed by atoms with Crippen molar-refractivity contribution in [2.45, 2.75) is 13.3 Å². The quantitative estimate of drug-likeness (QED) is 0.658. The van der Waals surface area contributed by atoms with Gasteiger partial charge in [0, 0.05) is 45.8 Å². The van der Waals surface area contributed by atoms with Crippen molar-refractivity contribution in [3.05, 3.63) is 29.3 Å². The minimum Gasteiger partial charge on any atom is -0.367 e. The van der Waals surface area contributed by atoms with Gasteiger partial charge in [0.1, 0.15) is 0 Å². The summed E-state index contributed by atoms with van der Waals surface area (Å²) < 4.78 is 0. The van der Waals surface area contributed by atoms with Crippen LogP contribution in [-0.4, -0.2) is 75.2 Å². The van der Waals surface area contributed by atoms with Gasteiger partial charge in [0.2, 0.25) is 0 Å². The lowest BCUT2D eigenvalue weighted by molar-refractivity contribution is 0.369. The molecule has 1 N–H and O–H groups in total. The lowest BCUT2D eigenvalue weighted by Crippen LogP contribution is -2.52. The molecule has 0 radical (unpaired) electrons. The van der Waals surface area contributed by atoms with E-state index in [1.54, 1.807) is 0 Å². The van der Waals surface area contributed by atoms with Crippen molar-refractivity contribution in [1.82, 2.24) is 15.1 Å². The van der Waals surface area contributed by atoms with E-state index in [2.05, 4.69) is 46.1 Å². The van der Waals surface area contributed by atoms with Gasteiger partial charge in [-0.25, -0.2) is 0 Å². The highest BCUT2D eigenvalue weighted by molar-refractivity contribution is 6.33. The molecule has 2 aliphatic rings. The molecule has 1 aromatic rings. The van der Waals surface area contributed by atoms with Gasteiger partial charge in [-0.3, -0.25) is 4.99 Å². The average Bonchev–Trinajstić information content (AvgIpc) is 3.05. The van der Waals surface area contributed by atoms with Gasteiger partial charge in [-0.2, -0.15) is 0 Å². The normalized spacial score (nSPS) is 22.5. The van der Waals surface area contributed by atoms with Crippen LogP contribution in [0.1, 0.15) is 13.3 Å². The fraction of sp³-hybridized carbons (Fsp3) is 0.632. The summed E-state index contributed by atoms with van der Waals surface area (Å²) in [6, 6.07) is 8.11. The molecule has 0 aromatic heterocycles. The first-order valence-corrected chi connectivity index (χ1v) is 9.76. The number of halogens is 1. The van der Waals surface area contributed by atoms with Gasteiger partial charge in [-0.1, -0.05) is 23.7 Å². The summed E-state index contributed by atoms with van der Waals surface area (Å²) in [5, 5.41) is 4.31. The van der Waals surface area contributed by atoms with Gasteiger partial charge < -0.3 is 20.0 Å². The van der Waals surface area contributed by atoms with Crippen LogP contribution in [0, 0.1) is 5.92 Å². The Balaban J connectivity index is 1.57. The maximum absolute atomic E-state index is 6.35. The number of anilines is 1. The molecule has 5 nitrogen and oxygen atoms in total. The van der Waals surface area contributed by atoms with Crippen LogP contribution in [-0.2, 0) is 0 Å². The predicted octanol–water partition coefficient (Wildman–Crippen LogP) is 2.38. The molecule has 0 saturated carbocycles. The number of aliphatic imine (C=N–C) groups is 1. The lowest BCUT2D eigenvalue weighted by atomic mass is 10.1. The van der Waals surface area contributed by atoms with Crippen LogP contribution in [0.4, 0.5) is 5.69 Å². The Bertz CT molecular complexity index is 583. The molecule has 0 spiro atoms. The summed E-state index contributed by atoms with van der Waals surface area (Å²) in [6.07, 6.45) is 1.26. The number of benzene rings is 1. The average molecular weight is 364 g/mol. The number of guanidine groups is 1. The third-order valence-corrected chi connectivity index (χ3v) is 5.42. The molecule has 2 fully saturated rings. The monoisotopic (exact) mass is 363 g/mol. The molecule has 138 valence electrons. The number of piperazine rings is 1. The van der Waals surface area contributed by atoms with E-state index in [1.807, 2.05) is 12.1 Å². The van der Waals surface area contributed by atoms with Gasteiger partial charge in [0.25, 0.3) is 0 Å². The summed E-state index contributed by atoms with van der Waals surface area (Å²) in [5.74, 6) is 1.76. The smallest absolute Gasteiger partial charge is 0.194 e. The van der Waals surface area contributed by atoms with Gasteiger partial charge in [-0.15, -0.1) is 0 Å². The van der Waals surface area contributed by atoms with Crippen LogP contribution in [0.15, 0.2) is 29.3 Å². The largest absolute Gasteiger partial charge is 0.367 e. The topological polar surface area (TPSA) is 34.1 Å². The first-order chi connectivity index (χ1) is 12.2. The Labute approximate surface area is 156 Å². The summed E-state index contributed by atoms with van der Waals surface area (Å²) in [7, 11) is 2.20. The summed E-state index contributed by atoms with van der Waals surface area (Å²) in [6.45, 7) is 10.2. The molecule has 0 aliphatic carbocycles. The highest BCUT2D eigenvalue weighted by atomic mass is 35.5. The van der Waals surface area contributed by atoms with Crippen LogP contribution < -0.4 is 10.2 Å². The van der Waals surface area contributed by atoms with E-state index < -0.39 is 0 Å². The minimum absolute atomic E-state index is 0.697. The van der Waals surface area contributed by atoms with Gasteiger partial charge in [0.15, 0.2) is 5.96 Å². The minimum atomic E-state index is 0.697. The number of likely N-dealkylation sites (tertiary alicyclic amines) is 1. The Hall–Kier alpha value is -1.46. The van der Waals surface area contributed by atoms with Gasteiger partial charge in [-0.05, 0) is 45.0 Å². The third kappa shape index (κ3) is 4.79. The van der Waals surface area contributed by atoms with E-state index >= 15 is 0 Å². The number of hydrogen-bond donors (Lipinski definition) is 1. The van der Waals surface area contributed by atoms with E-state index in [9.17, 15) is 0 Å². The van der Waals surface area contributed by atoms with Crippen LogP contribution in [0.3, 0.4) is 0 Å². The zero-order valence-electron chi connectivity index (χ0n) is 15.4. The van der Waals surface area contributed by atoms with Crippen LogP contribution in [0.2, 0.25) is 5.02 Å². The number of nitrogens with one attached hydrogen (secondary N) is 1. The fourth-order valence-corrected chi connectivity index (χ4v) is 3.94. The summed E-state index contributed by atoms with van der Waals surface area (Å²) in [4.78, 5) is 12.1. The Kier molecular flexibility index (Phi) is 6.43. The molecule has 3 rings (SSSR count). The van der Waals surface area contributed by atoms with E-state index in [4.69, 9.17) is 16.6 Å². The molecule has 0 amide bonds. The maximum Gasteiger partial charge on any atom is 0.194 e. The Morgan fingerprint density at radius 2 is 1.96 bits per heavy atom. The Morgan fingerprint density at radius 3 is 2.60 bits per heavy atom. The molecule has 2 heterocycles. The standard InChI is InChI=1S/C19H30ClN5/c1-3-21-19(22-14-16-8-9-23(2)15-16)25-12-10-24(11-13-25)18-7-5-4-6-17(18)20/h4-7,16H,3,8-15H2,1-2H3,(H,21,22). The van der Waals surface area contributed by atoms with Crippen molar-refractivity contribution in [3.63, 3.8) is 0 Å². The van der Waals surface area contributed by atoms with Crippen LogP contribution >= 0.6 is 11.6 Å². The number of nitrogens with zero attached hydrogens (tertiary/aromatic N) is 4. The van der Waals surface area contributed by atoms with Crippen molar-refractivity contribution >= 4 is 23.2 Å². The number of para-hydroxylation sites is 1. The Morgan fingerprint density at radius 1 is 1.20 bits per heavy atom. The van der Waals surface area contributed by atoms with E-state index in [1.165, 1.54) is 19.5 Å². The van der Waals surface area contributed by atoms with E-state index in [0.29, 0.717) is 5.92 Å². The first-order valence-electron chi connectivity index (χ1n) is 9.38. The van der Waals surface area contributed by atoms with E-state index in [0.717, 1.165) is 55.9 Å². The van der Waals surface area contributed by atoms with Crippen LogP contribution in [0.5, 0.6) is 0 Å². The van der Waals surface area contributed by atoms with Crippen molar-refractivity contribution in [3.8, 4) is 0 Å². The maximum atomic E-state index is 6.35. The van der Waals surface area contributed by atoms with Crippen molar-refractivity contribution in [2.24, 2.45) is 10.9 Å². The zero-order valence-corrected chi connectivity index (χ0v) is 16.2. The number of rotatable bonds is 4. The van der Waals surface area contributed by atoms with Crippen molar-refractivity contribution in [2.75, 3.05) is 64.3 Å². The summed E-state index contributed by atoms with van der Waals surface area (Å²) >= 11 is 6.35. The SMILES string of the molecule is CCNC(=NCC1CCN(C)C1)N1CCN(c2ccccc2Cl)CC1. The van der Waals surface area contributed by atoms with Crippen molar-refractivity contribution in [1.29, 1.82) is 0 Å². The summed E-state index contributed by atoms with van der Waals surface area (Å²) in [5.41, 5.74) is 1.14. The number of hydrogen-bond acceptors (Lipinski definition) is 3. The molecule has 1 unspecified atom stereocenters. The molecule has 2 saturated heterocycles. The molecule has 1 aromatic carbocycles. The first kappa shape index (κ1) is 18.3. The molecule has 1 atom stereocenters. The van der Waals surface area contributed by atoms with Gasteiger partial charge in [0.05, 0.1) is 10.7 Å². The van der Waals surface area contributed by atoms with Crippen LogP contribution in [0.25, 0.3) is 0 Å². The predicted molar refractivity (Wildman–Crippen MR) is 107 cm³/mol. The van der Waals surface area contributed by atoms with Crippen molar-refractivity contribution < 1.29 is 0 Å². The molecule has 25 heavy (non-hydrogen) atoms. The molecule has 6 heteroatoms. The zero-order chi connectivity index (χ0) is 17.6. The highest BCUT2D eigenvalue weighted by Crippen LogP contribution is 2.26. The second-order valence-corrected chi connectivity index (χ2v) is 7.44. The third-order valence-electron chi connectivity index (χ3n) is 5.10. The second-order valence-electron chi connectivity index (χ2n) is 7.04. The molecular weight excluding hydrogens is 334 g/mol. The molecule has 0 bridgehead atoms. The highest BCUT2D eigenvalue weighted by Gasteiger charge is 2.23. The molecular formula is C19H30ClN5.